The number of halogens is 1. The van der Waals surface area contributed by atoms with Gasteiger partial charge >= 0.3 is 13.1 Å². The van der Waals surface area contributed by atoms with Gasteiger partial charge in [-0.15, -0.1) is 0 Å². The summed E-state index contributed by atoms with van der Waals surface area (Å²) in [4.78, 5) is 11.8. The van der Waals surface area contributed by atoms with Crippen molar-refractivity contribution in [2.75, 3.05) is 0 Å². The number of carbonyl (C=O) groups is 1. The molecule has 3 rings (SSSR count). The summed E-state index contributed by atoms with van der Waals surface area (Å²) in [5.41, 5.74) is 5.94. The van der Waals surface area contributed by atoms with Crippen LogP contribution in [-0.4, -0.2) is 39.8 Å². The monoisotopic (exact) mass is 402 g/mol. The molecule has 29 heavy (non-hydrogen) atoms. The number of hydrogen-bond donors (Lipinski definition) is 5. The maximum Gasteiger partial charge on any atom is 0.451 e. The van der Waals surface area contributed by atoms with E-state index in [0.29, 0.717) is 44.0 Å². The van der Waals surface area contributed by atoms with Gasteiger partial charge in [-0.05, 0) is 48.5 Å². The van der Waals surface area contributed by atoms with Crippen LogP contribution in [-0.2, 0) is 11.3 Å². The number of rotatable bonds is 10. The lowest BCUT2D eigenvalue weighted by atomic mass is 9.66. The number of fused-ring (bicyclic) bond motifs is 1. The molecule has 0 spiro atoms. The number of aliphatic carboxylic acids is 1. The molecule has 1 aliphatic rings. The molecule has 1 saturated carbocycles. The molecule has 0 saturated heterocycles. The SMILES string of the molecule is N[C@](CCCCB(O)O)(C(=O)O)C1CC(NCc2ccc(F)c3ccccc23)C1. The van der Waals surface area contributed by atoms with Crippen LogP contribution in [0.4, 0.5) is 4.39 Å². The highest BCUT2D eigenvalue weighted by Gasteiger charge is 2.48. The van der Waals surface area contributed by atoms with Crippen molar-refractivity contribution in [3.8, 4) is 0 Å². The maximum atomic E-state index is 14.0. The highest BCUT2D eigenvalue weighted by atomic mass is 19.1. The predicted molar refractivity (Wildman–Crippen MR) is 111 cm³/mol. The lowest BCUT2D eigenvalue weighted by Crippen LogP contribution is -2.61. The van der Waals surface area contributed by atoms with Crippen molar-refractivity contribution in [2.24, 2.45) is 11.7 Å². The molecule has 2 aromatic carbocycles. The van der Waals surface area contributed by atoms with Crippen LogP contribution in [0.3, 0.4) is 0 Å². The molecular weight excluding hydrogens is 374 g/mol. The maximum absolute atomic E-state index is 14.0. The van der Waals surface area contributed by atoms with E-state index in [2.05, 4.69) is 5.32 Å². The molecule has 156 valence electrons. The molecule has 2 aromatic rings. The Labute approximate surface area is 170 Å². The Morgan fingerprint density at radius 2 is 1.86 bits per heavy atom. The number of carboxylic acid groups (broad SMARTS) is 1. The molecule has 0 unspecified atom stereocenters. The van der Waals surface area contributed by atoms with Gasteiger partial charge in [0.2, 0.25) is 0 Å². The minimum Gasteiger partial charge on any atom is -0.480 e. The third-order valence-electron chi connectivity index (χ3n) is 6.11. The van der Waals surface area contributed by atoms with Crippen LogP contribution < -0.4 is 11.1 Å². The fourth-order valence-electron chi connectivity index (χ4n) is 4.17. The zero-order chi connectivity index (χ0) is 21.0. The summed E-state index contributed by atoms with van der Waals surface area (Å²) >= 11 is 0. The van der Waals surface area contributed by atoms with Gasteiger partial charge in [0.05, 0.1) is 0 Å². The second-order valence-electron chi connectivity index (χ2n) is 8.07. The molecule has 0 radical (unpaired) electrons. The molecule has 6 nitrogen and oxygen atoms in total. The Bertz CT molecular complexity index is 860. The van der Waals surface area contributed by atoms with Crippen LogP contribution in [0.2, 0.25) is 6.32 Å². The van der Waals surface area contributed by atoms with E-state index >= 15 is 0 Å². The first-order chi connectivity index (χ1) is 13.8. The van der Waals surface area contributed by atoms with E-state index in [1.807, 2.05) is 18.2 Å². The molecule has 0 aliphatic heterocycles. The molecule has 0 aromatic heterocycles. The van der Waals surface area contributed by atoms with E-state index in [1.165, 1.54) is 6.07 Å². The lowest BCUT2D eigenvalue weighted by Gasteiger charge is -2.45. The van der Waals surface area contributed by atoms with Gasteiger partial charge in [0, 0.05) is 18.0 Å². The summed E-state index contributed by atoms with van der Waals surface area (Å²) in [5.74, 6) is -1.37. The van der Waals surface area contributed by atoms with Crippen molar-refractivity contribution in [3.05, 3.63) is 47.8 Å². The summed E-state index contributed by atoms with van der Waals surface area (Å²) < 4.78 is 14.0. The molecule has 0 amide bonds. The zero-order valence-corrected chi connectivity index (χ0v) is 16.4. The molecule has 0 heterocycles. The van der Waals surface area contributed by atoms with E-state index in [9.17, 15) is 14.3 Å². The second kappa shape index (κ2) is 9.22. The fourth-order valence-corrected chi connectivity index (χ4v) is 4.17. The van der Waals surface area contributed by atoms with Crippen molar-refractivity contribution < 1.29 is 24.3 Å². The van der Waals surface area contributed by atoms with Crippen LogP contribution >= 0.6 is 0 Å². The normalized spacial score (nSPS) is 20.8. The van der Waals surface area contributed by atoms with Gasteiger partial charge < -0.3 is 26.2 Å². The van der Waals surface area contributed by atoms with E-state index in [0.717, 1.165) is 10.9 Å². The highest BCUT2D eigenvalue weighted by molar-refractivity contribution is 6.40. The van der Waals surface area contributed by atoms with Crippen LogP contribution in [0.5, 0.6) is 0 Å². The summed E-state index contributed by atoms with van der Waals surface area (Å²) in [7, 11) is -1.37. The van der Waals surface area contributed by atoms with Crippen molar-refractivity contribution in [3.63, 3.8) is 0 Å². The standard InChI is InChI=1S/C21H28BFN2O4/c23-19-8-7-14(17-5-1-2-6-18(17)19)13-25-16-11-15(12-16)21(24,20(26)27)9-3-4-10-22(28)29/h1-2,5-8,15-16,25,28-29H,3-4,9-13,24H2,(H,26,27)/t15?,16?,21-/m0/s1. The highest BCUT2D eigenvalue weighted by Crippen LogP contribution is 2.38. The minimum atomic E-state index is -1.37. The molecule has 8 heteroatoms. The summed E-state index contributed by atoms with van der Waals surface area (Å²) in [6, 6.07) is 10.8. The van der Waals surface area contributed by atoms with Gasteiger partial charge in [-0.25, -0.2) is 4.39 Å². The number of nitrogens with two attached hydrogens (primary N) is 1. The Kier molecular flexibility index (Phi) is 6.90. The smallest absolute Gasteiger partial charge is 0.451 e. The van der Waals surface area contributed by atoms with Crippen molar-refractivity contribution in [1.82, 2.24) is 5.32 Å². The third kappa shape index (κ3) is 4.95. The van der Waals surface area contributed by atoms with Crippen LogP contribution in [0.25, 0.3) is 10.8 Å². The topological polar surface area (TPSA) is 116 Å². The molecule has 0 bridgehead atoms. The Hall–Kier alpha value is -2.00. The van der Waals surface area contributed by atoms with Crippen LogP contribution in [0, 0.1) is 11.7 Å². The average molecular weight is 402 g/mol. The van der Waals surface area contributed by atoms with Crippen molar-refractivity contribution >= 4 is 23.9 Å². The Balaban J connectivity index is 1.54. The number of hydrogen-bond acceptors (Lipinski definition) is 5. The number of unbranched alkanes of at least 4 members (excludes halogenated alkanes) is 1. The molecular formula is C21H28BFN2O4. The first-order valence-corrected chi connectivity index (χ1v) is 10.1. The largest absolute Gasteiger partial charge is 0.480 e. The second-order valence-corrected chi connectivity index (χ2v) is 8.07. The van der Waals surface area contributed by atoms with Gasteiger partial charge in [-0.2, -0.15) is 0 Å². The molecule has 1 atom stereocenters. The first kappa shape index (κ1) is 21.7. The first-order valence-electron chi connectivity index (χ1n) is 10.1. The van der Waals surface area contributed by atoms with E-state index in [-0.39, 0.29) is 24.1 Å². The molecule has 1 fully saturated rings. The van der Waals surface area contributed by atoms with Crippen molar-refractivity contribution in [2.45, 2.75) is 56.5 Å². The van der Waals surface area contributed by atoms with Gasteiger partial charge in [0.15, 0.2) is 0 Å². The quantitative estimate of drug-likeness (QED) is 0.308. The number of nitrogens with one attached hydrogen (secondary N) is 1. The van der Waals surface area contributed by atoms with E-state index < -0.39 is 18.6 Å². The molecule has 1 aliphatic carbocycles. The van der Waals surface area contributed by atoms with Gasteiger partial charge in [-0.1, -0.05) is 43.2 Å². The zero-order valence-electron chi connectivity index (χ0n) is 16.4. The summed E-state index contributed by atoms with van der Waals surface area (Å²) in [6.07, 6.45) is 2.94. The number of carboxylic acids is 1. The van der Waals surface area contributed by atoms with Crippen LogP contribution in [0.15, 0.2) is 36.4 Å². The van der Waals surface area contributed by atoms with Crippen molar-refractivity contribution in [1.29, 1.82) is 0 Å². The predicted octanol–water partition coefficient (Wildman–Crippen LogP) is 2.27. The minimum absolute atomic E-state index is 0.124. The number of benzene rings is 2. The van der Waals surface area contributed by atoms with Gasteiger partial charge in [0.25, 0.3) is 0 Å². The van der Waals surface area contributed by atoms with E-state index in [1.54, 1.807) is 12.1 Å². The van der Waals surface area contributed by atoms with Crippen LogP contribution in [0.1, 0.15) is 37.7 Å². The Morgan fingerprint density at radius 1 is 1.17 bits per heavy atom. The third-order valence-corrected chi connectivity index (χ3v) is 6.11. The van der Waals surface area contributed by atoms with Gasteiger partial charge in [-0.3, -0.25) is 4.79 Å². The Morgan fingerprint density at radius 3 is 2.52 bits per heavy atom. The summed E-state index contributed by atoms with van der Waals surface area (Å²) in [6.45, 7) is 0.581. The lowest BCUT2D eigenvalue weighted by molar-refractivity contribution is -0.148. The van der Waals surface area contributed by atoms with E-state index in [4.69, 9.17) is 15.8 Å². The average Bonchev–Trinajstić information content (AvgIpc) is 2.65. The summed E-state index contributed by atoms with van der Waals surface area (Å²) in [5, 5.41) is 32.4. The fraction of sp³-hybridized carbons (Fsp3) is 0.476. The van der Waals surface area contributed by atoms with Gasteiger partial charge in [0.1, 0.15) is 11.4 Å². The molecule has 6 N–H and O–H groups in total.